The summed E-state index contributed by atoms with van der Waals surface area (Å²) in [4.78, 5) is 7.16. The summed E-state index contributed by atoms with van der Waals surface area (Å²) in [6.45, 7) is 24.2. The molecule has 0 saturated heterocycles. The van der Waals surface area contributed by atoms with Crippen molar-refractivity contribution < 1.29 is 25.9 Å². The quantitative estimate of drug-likeness (QED) is 0.123. The van der Waals surface area contributed by atoms with Gasteiger partial charge >= 0.3 is 20.1 Å². The summed E-state index contributed by atoms with van der Waals surface area (Å²) in [5.41, 5.74) is 12.7. The van der Waals surface area contributed by atoms with Crippen LogP contribution in [0.3, 0.4) is 0 Å². The third kappa shape index (κ3) is 8.44. The molecule has 2 atom stereocenters. The first-order chi connectivity index (χ1) is 30.4. The van der Waals surface area contributed by atoms with Crippen molar-refractivity contribution >= 4 is 73.8 Å². The number of rotatable bonds is 6. The second-order valence-electron chi connectivity index (χ2n) is 19.7. The summed E-state index contributed by atoms with van der Waals surface area (Å²) in [6, 6.07) is 51.9. The predicted molar refractivity (Wildman–Crippen MR) is 271 cm³/mol. The molecule has 0 amide bonds. The molecule has 2 aromatic heterocycles. The fourth-order valence-electron chi connectivity index (χ4n) is 8.93. The first-order valence-electron chi connectivity index (χ1n) is 22.8. The van der Waals surface area contributed by atoms with Gasteiger partial charge in [0.1, 0.15) is 5.58 Å². The fraction of sp³-hybridized carbons (Fsp3) is 0.259. The molecule has 7 aromatic carbocycles. The standard InChI is InChI=1S/C35H24N2O.C23H34NSi.Ir/c1-21-14-16-27-32(18-21)38-34-28(17-15-22(2)33(27)34)35-36-29-19-24-9-3-4-10-25(24)20-31(29)37(35)30-13-7-11-23-8-5-6-12-26(23)30;1-16(2)17(3)20-14-21(24-15-22(20)25(7,8)9)18-11-10-12-19(13-18)23(4,5)6;/h3-16,18-20,35H,1-2H3;10,12-17H,1-9H3;/q-2;-1;+3/i;17D;. The first-order valence-corrected chi connectivity index (χ1v) is 25.8. The van der Waals surface area contributed by atoms with E-state index in [1.54, 1.807) is 0 Å². The van der Waals surface area contributed by atoms with Gasteiger partial charge in [-0.25, -0.2) is 0 Å². The minimum Gasteiger partial charge on any atom is -0.661 e. The molecule has 0 spiro atoms. The van der Waals surface area contributed by atoms with E-state index >= 15 is 0 Å². The number of furan rings is 1. The van der Waals surface area contributed by atoms with Crippen molar-refractivity contribution in [1.29, 1.82) is 0 Å². The third-order valence-electron chi connectivity index (χ3n) is 12.8. The molecule has 3 heterocycles. The number of aryl methyl sites for hydroxylation is 2. The molecule has 0 radical (unpaired) electrons. The van der Waals surface area contributed by atoms with Crippen LogP contribution in [0.5, 0.6) is 0 Å². The Morgan fingerprint density at radius 1 is 0.781 bits per heavy atom. The van der Waals surface area contributed by atoms with E-state index in [0.717, 1.165) is 66.9 Å². The van der Waals surface area contributed by atoms with Crippen LogP contribution in [0.25, 0.3) is 60.1 Å². The Labute approximate surface area is 395 Å². The van der Waals surface area contributed by atoms with Crippen molar-refractivity contribution in [3.05, 3.63) is 179 Å². The molecule has 4 nitrogen and oxygen atoms in total. The van der Waals surface area contributed by atoms with E-state index in [9.17, 15) is 0 Å². The zero-order valence-corrected chi connectivity index (χ0v) is 42.3. The molecular weight excluding hydrogens is 975 g/mol. The number of fused-ring (bicyclic) bond motifs is 6. The molecule has 324 valence electrons. The second kappa shape index (κ2) is 17.5. The maximum Gasteiger partial charge on any atom is 3.00 e. The summed E-state index contributed by atoms with van der Waals surface area (Å²) < 4.78 is 15.6. The molecule has 6 heteroatoms. The summed E-state index contributed by atoms with van der Waals surface area (Å²) >= 11 is 0. The molecule has 9 aromatic rings. The van der Waals surface area contributed by atoms with Gasteiger partial charge < -0.3 is 19.6 Å². The molecule has 0 bridgehead atoms. The average Bonchev–Trinajstić information content (AvgIpc) is 3.83. The maximum absolute atomic E-state index is 9.03. The van der Waals surface area contributed by atoms with E-state index < -0.39 is 14.0 Å². The van der Waals surface area contributed by atoms with E-state index in [1.165, 1.54) is 37.9 Å². The van der Waals surface area contributed by atoms with Crippen molar-refractivity contribution in [3.63, 3.8) is 0 Å². The van der Waals surface area contributed by atoms with Crippen LogP contribution in [0, 0.1) is 31.9 Å². The van der Waals surface area contributed by atoms with Crippen molar-refractivity contribution in [2.24, 2.45) is 5.92 Å². The van der Waals surface area contributed by atoms with Gasteiger partial charge in [0.25, 0.3) is 0 Å². The van der Waals surface area contributed by atoms with Crippen molar-refractivity contribution in [2.45, 2.75) is 92.5 Å². The zero-order valence-electron chi connectivity index (χ0n) is 39.9. The minimum absolute atomic E-state index is 0. The smallest absolute Gasteiger partial charge is 0.661 e. The van der Waals surface area contributed by atoms with Crippen LogP contribution < -0.4 is 10.1 Å². The Morgan fingerprint density at radius 3 is 2.20 bits per heavy atom. The Balaban J connectivity index is 0.000000189. The molecule has 0 fully saturated rings. The Morgan fingerprint density at radius 2 is 1.48 bits per heavy atom. The van der Waals surface area contributed by atoms with Gasteiger partial charge in [-0.1, -0.05) is 164 Å². The summed E-state index contributed by atoms with van der Waals surface area (Å²) in [6.07, 6.45) is 1.72. The number of pyridine rings is 1. The minimum atomic E-state index is -1.59. The predicted octanol–water partition coefficient (Wildman–Crippen LogP) is 16.3. The van der Waals surface area contributed by atoms with Gasteiger partial charge in [0, 0.05) is 35.3 Å². The summed E-state index contributed by atoms with van der Waals surface area (Å²) in [5.74, 6) is -0.396. The summed E-state index contributed by atoms with van der Waals surface area (Å²) in [5, 5.41) is 13.7. The molecular formula is C58H58IrN3OSi. The normalized spacial score (nSPS) is 15.1. The average molecular weight is 1030 g/mol. The van der Waals surface area contributed by atoms with Crippen LogP contribution in [0.1, 0.15) is 82.8 Å². The summed E-state index contributed by atoms with van der Waals surface area (Å²) in [7, 11) is -1.59. The molecule has 64 heavy (non-hydrogen) atoms. The number of benzene rings is 7. The molecule has 10 rings (SSSR count). The molecule has 0 N–H and O–H groups in total. The number of anilines is 2. The van der Waals surface area contributed by atoms with Crippen LogP contribution in [0.2, 0.25) is 19.6 Å². The zero-order chi connectivity index (χ0) is 45.3. The van der Waals surface area contributed by atoms with Gasteiger partial charge in [0.2, 0.25) is 0 Å². The van der Waals surface area contributed by atoms with Gasteiger partial charge in [-0.3, -0.25) is 0 Å². The van der Waals surface area contributed by atoms with E-state index in [1.807, 2.05) is 19.2 Å². The van der Waals surface area contributed by atoms with Crippen LogP contribution in [0.4, 0.5) is 17.1 Å². The molecule has 0 aliphatic carbocycles. The Bertz CT molecular complexity index is 3220. The number of hydrogen-bond donors (Lipinski definition) is 0. The SMILES string of the molecule is Cc1ccc2c(c1)oc1c(C3[N-]c4cc5ccccc5cc4N3c3cccc4ccccc34)[c-]cc(C)c12.[2H]C(C)(c1cc(-c2[c-]ccc(C(C)(C)C)c2)ncc1[Si](C)(C)C)C(C)C.[Ir+3]. The van der Waals surface area contributed by atoms with Crippen molar-refractivity contribution in [1.82, 2.24) is 4.98 Å². The van der Waals surface area contributed by atoms with Gasteiger partial charge in [0.05, 0.1) is 8.07 Å². The van der Waals surface area contributed by atoms with Crippen molar-refractivity contribution in [2.75, 3.05) is 4.90 Å². The van der Waals surface area contributed by atoms with E-state index in [4.69, 9.17) is 16.1 Å². The Kier molecular flexibility index (Phi) is 11.9. The topological polar surface area (TPSA) is 43.4 Å². The third-order valence-corrected chi connectivity index (χ3v) is 14.8. The fourth-order valence-corrected chi connectivity index (χ4v) is 10.5. The van der Waals surface area contributed by atoms with Gasteiger partial charge in [-0.2, -0.15) is 12.1 Å². The molecule has 0 saturated carbocycles. The number of hydrogen-bond acceptors (Lipinski definition) is 3. The van der Waals surface area contributed by atoms with Gasteiger partial charge in [0.15, 0.2) is 0 Å². The van der Waals surface area contributed by atoms with E-state index in [2.05, 4.69) is 206 Å². The molecule has 1 aliphatic rings. The van der Waals surface area contributed by atoms with Crippen molar-refractivity contribution in [3.8, 4) is 11.3 Å². The van der Waals surface area contributed by atoms with Crippen LogP contribution in [-0.4, -0.2) is 13.1 Å². The second-order valence-corrected chi connectivity index (χ2v) is 24.7. The molecule has 2 unspecified atom stereocenters. The number of aromatic nitrogens is 1. The van der Waals surface area contributed by atoms with Crippen LogP contribution >= 0.6 is 0 Å². The maximum atomic E-state index is 9.03. The molecule has 1 aliphatic heterocycles. The number of nitrogens with zero attached hydrogens (tertiary/aromatic N) is 3. The van der Waals surface area contributed by atoms with Gasteiger partial charge in [-0.15, -0.1) is 52.2 Å². The van der Waals surface area contributed by atoms with E-state index in [-0.39, 0.29) is 37.6 Å². The largest absolute Gasteiger partial charge is 3.00 e. The van der Waals surface area contributed by atoms with Crippen LogP contribution in [0.15, 0.2) is 138 Å². The van der Waals surface area contributed by atoms with Crippen LogP contribution in [-0.2, 0) is 25.5 Å². The van der Waals surface area contributed by atoms with E-state index in [0.29, 0.717) is 0 Å². The Hall–Kier alpha value is -5.52. The monoisotopic (exact) mass is 1030 g/mol. The first kappa shape index (κ1) is 43.7. The van der Waals surface area contributed by atoms with Gasteiger partial charge in [-0.05, 0) is 81.1 Å².